The molecule has 0 saturated heterocycles. The summed E-state index contributed by atoms with van der Waals surface area (Å²) in [5.74, 6) is -1.13. The Bertz CT molecular complexity index is 556. The predicted octanol–water partition coefficient (Wildman–Crippen LogP) is 1.07. The van der Waals surface area contributed by atoms with Crippen LogP contribution in [-0.2, 0) is 19.6 Å². The van der Waals surface area contributed by atoms with Crippen LogP contribution in [0, 0.1) is 12.7 Å². The van der Waals surface area contributed by atoms with Crippen LogP contribution in [0.5, 0.6) is 0 Å². The summed E-state index contributed by atoms with van der Waals surface area (Å²) in [6, 6.07) is 3.81. The quantitative estimate of drug-likeness (QED) is 0.771. The van der Waals surface area contributed by atoms with Crippen LogP contribution < -0.4 is 4.31 Å². The lowest BCUT2D eigenvalue weighted by atomic mass is 10.2. The fourth-order valence-electron chi connectivity index (χ4n) is 1.37. The lowest BCUT2D eigenvalue weighted by molar-refractivity contribution is -0.138. The maximum absolute atomic E-state index is 13.1. The van der Waals surface area contributed by atoms with Gasteiger partial charge in [0.15, 0.2) is 0 Å². The molecule has 0 saturated carbocycles. The average molecular weight is 275 g/mol. The highest BCUT2D eigenvalue weighted by Gasteiger charge is 2.21. The van der Waals surface area contributed by atoms with Crippen molar-refractivity contribution in [2.45, 2.75) is 6.92 Å². The molecule has 18 heavy (non-hydrogen) atoms. The van der Waals surface area contributed by atoms with E-state index >= 15 is 0 Å². The van der Waals surface area contributed by atoms with E-state index in [9.17, 15) is 17.6 Å². The second-order valence-electron chi connectivity index (χ2n) is 3.78. The van der Waals surface area contributed by atoms with Gasteiger partial charge in [0, 0.05) is 0 Å². The summed E-state index contributed by atoms with van der Waals surface area (Å²) in [5, 5.41) is 0. The molecule has 0 atom stereocenters. The molecule has 0 amide bonds. The summed E-state index contributed by atoms with van der Waals surface area (Å²) in [4.78, 5) is 11.2. The van der Waals surface area contributed by atoms with E-state index in [0.717, 1.165) is 16.6 Å². The minimum absolute atomic E-state index is 0.224. The van der Waals surface area contributed by atoms with Crippen LogP contribution in [0.25, 0.3) is 0 Å². The molecule has 0 spiro atoms. The largest absolute Gasteiger partial charge is 0.468 e. The van der Waals surface area contributed by atoms with Crippen molar-refractivity contribution in [3.63, 3.8) is 0 Å². The first-order chi connectivity index (χ1) is 8.25. The van der Waals surface area contributed by atoms with Crippen LogP contribution >= 0.6 is 0 Å². The predicted molar refractivity (Wildman–Crippen MR) is 65.3 cm³/mol. The zero-order chi connectivity index (χ0) is 13.9. The van der Waals surface area contributed by atoms with Crippen LogP contribution in [0.3, 0.4) is 0 Å². The highest BCUT2D eigenvalue weighted by molar-refractivity contribution is 7.92. The number of aryl methyl sites for hydroxylation is 1. The number of halogens is 1. The van der Waals surface area contributed by atoms with Crippen molar-refractivity contribution >= 4 is 21.7 Å². The molecule has 0 radical (unpaired) electrons. The van der Waals surface area contributed by atoms with E-state index in [-0.39, 0.29) is 5.69 Å². The Morgan fingerprint density at radius 1 is 1.44 bits per heavy atom. The molecule has 7 heteroatoms. The first-order valence-electron chi connectivity index (χ1n) is 5.06. The number of sulfonamides is 1. The van der Waals surface area contributed by atoms with Gasteiger partial charge in [0.05, 0.1) is 19.1 Å². The normalized spacial score (nSPS) is 11.1. The van der Waals surface area contributed by atoms with Gasteiger partial charge in [-0.05, 0) is 30.7 Å². The molecule has 0 aliphatic rings. The summed E-state index contributed by atoms with van der Waals surface area (Å²) in [7, 11) is -2.48. The van der Waals surface area contributed by atoms with Crippen molar-refractivity contribution < 1.29 is 22.3 Å². The first kappa shape index (κ1) is 14.4. The Morgan fingerprint density at radius 3 is 2.50 bits per heavy atom. The van der Waals surface area contributed by atoms with Gasteiger partial charge in [0.1, 0.15) is 12.4 Å². The zero-order valence-electron chi connectivity index (χ0n) is 10.3. The molecule has 0 heterocycles. The summed E-state index contributed by atoms with van der Waals surface area (Å²) < 4.78 is 41.6. The van der Waals surface area contributed by atoms with Crippen LogP contribution in [0.15, 0.2) is 18.2 Å². The summed E-state index contributed by atoms with van der Waals surface area (Å²) in [5.41, 5.74) is 0.521. The number of carbonyl (C=O) groups is 1. The van der Waals surface area contributed by atoms with Gasteiger partial charge in [-0.25, -0.2) is 12.8 Å². The molecular weight excluding hydrogens is 261 g/mol. The average Bonchev–Trinajstić information content (AvgIpc) is 2.28. The lowest BCUT2D eigenvalue weighted by Crippen LogP contribution is -2.35. The molecule has 0 unspecified atom stereocenters. The number of anilines is 1. The smallest absolute Gasteiger partial charge is 0.326 e. The molecule has 5 nitrogen and oxygen atoms in total. The van der Waals surface area contributed by atoms with E-state index in [2.05, 4.69) is 4.74 Å². The molecular formula is C11H14FNO4S. The van der Waals surface area contributed by atoms with Gasteiger partial charge in [-0.2, -0.15) is 0 Å². The highest BCUT2D eigenvalue weighted by Crippen LogP contribution is 2.20. The standard InChI is InChI=1S/C11H14FNO4S/c1-8-6-9(4-5-10(8)12)13(18(3,15)16)7-11(14)17-2/h4-6H,7H2,1-3H3. The van der Waals surface area contributed by atoms with Gasteiger partial charge >= 0.3 is 5.97 Å². The van der Waals surface area contributed by atoms with Crippen molar-refractivity contribution in [1.29, 1.82) is 0 Å². The third-order valence-electron chi connectivity index (χ3n) is 2.33. The summed E-state index contributed by atoms with van der Waals surface area (Å²) in [6.45, 7) is 1.07. The minimum atomic E-state index is -3.64. The van der Waals surface area contributed by atoms with E-state index < -0.39 is 28.4 Å². The van der Waals surface area contributed by atoms with Crippen LogP contribution in [0.4, 0.5) is 10.1 Å². The minimum Gasteiger partial charge on any atom is -0.468 e. The Labute approximate surface area is 105 Å². The van der Waals surface area contributed by atoms with E-state index in [1.807, 2.05) is 0 Å². The summed E-state index contributed by atoms with van der Waals surface area (Å²) in [6.07, 6.45) is 0.967. The van der Waals surface area contributed by atoms with E-state index in [0.29, 0.717) is 5.56 Å². The number of rotatable bonds is 4. The number of hydrogen-bond acceptors (Lipinski definition) is 4. The van der Waals surface area contributed by atoms with Crippen molar-refractivity contribution in [2.24, 2.45) is 0 Å². The van der Waals surface area contributed by atoms with Gasteiger partial charge in [-0.1, -0.05) is 0 Å². The van der Waals surface area contributed by atoms with Gasteiger partial charge in [-0.3, -0.25) is 9.10 Å². The van der Waals surface area contributed by atoms with Crippen LogP contribution in [0.1, 0.15) is 5.56 Å². The molecule has 0 bridgehead atoms. The van der Waals surface area contributed by atoms with Crippen molar-refractivity contribution in [3.8, 4) is 0 Å². The molecule has 0 N–H and O–H groups in total. The monoisotopic (exact) mass is 275 g/mol. The van der Waals surface area contributed by atoms with Crippen molar-refractivity contribution in [2.75, 3.05) is 24.2 Å². The lowest BCUT2D eigenvalue weighted by Gasteiger charge is -2.21. The third kappa shape index (κ3) is 3.43. The Hall–Kier alpha value is -1.63. The second-order valence-corrected chi connectivity index (χ2v) is 5.69. The molecule has 1 rings (SSSR count). The molecule has 1 aromatic carbocycles. The number of esters is 1. The number of methoxy groups -OCH3 is 1. The van der Waals surface area contributed by atoms with Crippen molar-refractivity contribution in [3.05, 3.63) is 29.6 Å². The Balaban J connectivity index is 3.18. The van der Waals surface area contributed by atoms with Crippen LogP contribution in [0.2, 0.25) is 0 Å². The zero-order valence-corrected chi connectivity index (χ0v) is 11.1. The van der Waals surface area contributed by atoms with E-state index in [4.69, 9.17) is 0 Å². The molecule has 0 aliphatic heterocycles. The molecule has 100 valence electrons. The second kappa shape index (κ2) is 5.34. The number of hydrogen-bond donors (Lipinski definition) is 0. The summed E-state index contributed by atoms with van der Waals surface area (Å²) >= 11 is 0. The van der Waals surface area contributed by atoms with Crippen LogP contribution in [-0.4, -0.2) is 34.3 Å². The topological polar surface area (TPSA) is 63.7 Å². The first-order valence-corrected chi connectivity index (χ1v) is 6.91. The maximum Gasteiger partial charge on any atom is 0.326 e. The third-order valence-corrected chi connectivity index (χ3v) is 3.47. The number of ether oxygens (including phenoxy) is 1. The SMILES string of the molecule is COC(=O)CN(c1ccc(F)c(C)c1)S(C)(=O)=O. The van der Waals surface area contributed by atoms with Gasteiger partial charge in [-0.15, -0.1) is 0 Å². The number of benzene rings is 1. The number of carbonyl (C=O) groups excluding carboxylic acids is 1. The Kier molecular flexibility index (Phi) is 4.28. The fourth-order valence-corrected chi connectivity index (χ4v) is 2.20. The number of nitrogens with zero attached hydrogens (tertiary/aromatic N) is 1. The Morgan fingerprint density at radius 2 is 2.06 bits per heavy atom. The highest BCUT2D eigenvalue weighted by atomic mass is 32.2. The molecule has 0 aromatic heterocycles. The van der Waals surface area contributed by atoms with Gasteiger partial charge in [0.2, 0.25) is 10.0 Å². The van der Waals surface area contributed by atoms with E-state index in [1.54, 1.807) is 0 Å². The molecule has 0 aliphatic carbocycles. The maximum atomic E-state index is 13.1. The van der Waals surface area contributed by atoms with Gasteiger partial charge in [0.25, 0.3) is 0 Å². The molecule has 0 fully saturated rings. The van der Waals surface area contributed by atoms with Gasteiger partial charge < -0.3 is 4.74 Å². The molecule has 1 aromatic rings. The van der Waals surface area contributed by atoms with E-state index in [1.165, 1.54) is 26.2 Å². The van der Waals surface area contributed by atoms with Crippen molar-refractivity contribution in [1.82, 2.24) is 0 Å². The fraction of sp³-hybridized carbons (Fsp3) is 0.364.